The molecular formula is C28H36N2O5. The van der Waals surface area contributed by atoms with Gasteiger partial charge in [-0.25, -0.2) is 4.79 Å². The lowest BCUT2D eigenvalue weighted by Crippen LogP contribution is -2.38. The van der Waals surface area contributed by atoms with Crippen LogP contribution in [0.2, 0.25) is 0 Å². The van der Waals surface area contributed by atoms with Crippen LogP contribution in [0.5, 0.6) is 5.75 Å². The molecule has 2 saturated carbocycles. The molecule has 1 aromatic rings. The Kier molecular flexibility index (Phi) is 8.26. The molecule has 1 heterocycles. The highest BCUT2D eigenvalue weighted by Gasteiger charge is 2.40. The van der Waals surface area contributed by atoms with Gasteiger partial charge in [-0.15, -0.1) is 0 Å². The zero-order chi connectivity index (χ0) is 24.8. The summed E-state index contributed by atoms with van der Waals surface area (Å²) in [6.45, 7) is 1.80. The van der Waals surface area contributed by atoms with Crippen molar-refractivity contribution >= 4 is 23.9 Å². The Labute approximate surface area is 207 Å². The lowest BCUT2D eigenvalue weighted by molar-refractivity contribution is -0.136. The third-order valence-electron chi connectivity index (χ3n) is 7.30. The minimum Gasteiger partial charge on any atom is -0.484 e. The molecule has 0 atom stereocenters. The minimum atomic E-state index is -0.496. The summed E-state index contributed by atoms with van der Waals surface area (Å²) in [4.78, 5) is 40.0. The first-order chi connectivity index (χ1) is 17.0. The summed E-state index contributed by atoms with van der Waals surface area (Å²) >= 11 is 0. The van der Waals surface area contributed by atoms with E-state index >= 15 is 0 Å². The Bertz CT molecular complexity index is 999. The predicted octanol–water partition coefficient (Wildman–Crippen LogP) is 4.52. The van der Waals surface area contributed by atoms with Gasteiger partial charge in [0.15, 0.2) is 6.61 Å². The van der Waals surface area contributed by atoms with Gasteiger partial charge < -0.3 is 19.7 Å². The third-order valence-corrected chi connectivity index (χ3v) is 7.30. The number of benzene rings is 1. The van der Waals surface area contributed by atoms with Crippen molar-refractivity contribution in [1.82, 2.24) is 10.2 Å². The van der Waals surface area contributed by atoms with E-state index < -0.39 is 5.97 Å². The van der Waals surface area contributed by atoms with Crippen molar-refractivity contribution in [2.24, 2.45) is 0 Å². The standard InChI is InChI=1S/C28H36N2O5/c1-19-26(28(33)34-2)24(27(32)30(19)22-11-7-4-8-12-22)17-20-13-15-23(16-14-20)35-18-25(31)29-21-9-5-3-6-10-21/h13-17,21-22H,3-12,18H2,1-2H3,(H,29,31)/b24-17-. The maximum absolute atomic E-state index is 13.4. The van der Waals surface area contributed by atoms with Gasteiger partial charge in [-0.1, -0.05) is 50.7 Å². The summed E-state index contributed by atoms with van der Waals surface area (Å²) in [6, 6.07) is 7.56. The second kappa shape index (κ2) is 11.6. The molecule has 0 bridgehead atoms. The van der Waals surface area contributed by atoms with Crippen molar-refractivity contribution in [1.29, 1.82) is 0 Å². The molecule has 0 aromatic heterocycles. The van der Waals surface area contributed by atoms with Crippen LogP contribution in [0.4, 0.5) is 0 Å². The van der Waals surface area contributed by atoms with Crippen molar-refractivity contribution in [2.75, 3.05) is 13.7 Å². The van der Waals surface area contributed by atoms with Crippen LogP contribution < -0.4 is 10.1 Å². The van der Waals surface area contributed by atoms with E-state index in [0.717, 1.165) is 56.9 Å². The zero-order valence-electron chi connectivity index (χ0n) is 20.8. The van der Waals surface area contributed by atoms with Crippen molar-refractivity contribution < 1.29 is 23.9 Å². The fraction of sp³-hybridized carbons (Fsp3) is 0.536. The van der Waals surface area contributed by atoms with Crippen LogP contribution >= 0.6 is 0 Å². The van der Waals surface area contributed by atoms with E-state index in [1.807, 2.05) is 19.1 Å². The summed E-state index contributed by atoms with van der Waals surface area (Å²) in [6.07, 6.45) is 12.6. The number of ether oxygens (including phenoxy) is 2. The molecule has 2 amide bonds. The van der Waals surface area contributed by atoms with Crippen LogP contribution in [0.25, 0.3) is 6.08 Å². The Balaban J connectivity index is 1.44. The summed E-state index contributed by atoms with van der Waals surface area (Å²) in [5, 5.41) is 3.05. The lowest BCUT2D eigenvalue weighted by Gasteiger charge is -2.32. The first-order valence-electron chi connectivity index (χ1n) is 12.8. The highest BCUT2D eigenvalue weighted by Crippen LogP contribution is 2.37. The van der Waals surface area contributed by atoms with Gasteiger partial charge in [-0.05, 0) is 56.4 Å². The molecule has 7 nitrogen and oxygen atoms in total. The Morgan fingerprint density at radius 1 is 1.00 bits per heavy atom. The molecule has 188 valence electrons. The average Bonchev–Trinajstić information content (AvgIpc) is 3.13. The molecule has 4 rings (SSSR count). The Morgan fingerprint density at radius 2 is 1.63 bits per heavy atom. The number of carbonyl (C=O) groups excluding carboxylic acids is 3. The van der Waals surface area contributed by atoms with Gasteiger partial charge in [0.05, 0.1) is 18.3 Å². The SMILES string of the molecule is COC(=O)C1=C(C)N(C2CCCCC2)C(=O)/C1=C\c1ccc(OCC(=O)NC2CCCCC2)cc1. The highest BCUT2D eigenvalue weighted by atomic mass is 16.5. The van der Waals surface area contributed by atoms with E-state index in [9.17, 15) is 14.4 Å². The maximum Gasteiger partial charge on any atom is 0.340 e. The number of nitrogens with one attached hydrogen (secondary N) is 1. The number of rotatable bonds is 7. The number of allylic oxidation sites excluding steroid dienone is 1. The molecule has 0 radical (unpaired) electrons. The van der Waals surface area contributed by atoms with Crippen molar-refractivity contribution in [3.05, 3.63) is 46.7 Å². The van der Waals surface area contributed by atoms with Crippen LogP contribution in [0.3, 0.4) is 0 Å². The van der Waals surface area contributed by atoms with E-state index in [2.05, 4.69) is 5.32 Å². The first kappa shape index (κ1) is 25.0. The topological polar surface area (TPSA) is 84.9 Å². The largest absolute Gasteiger partial charge is 0.484 e. The molecule has 0 unspecified atom stereocenters. The quantitative estimate of drug-likeness (QED) is 0.458. The van der Waals surface area contributed by atoms with Crippen LogP contribution in [0.15, 0.2) is 41.1 Å². The van der Waals surface area contributed by atoms with Gasteiger partial charge in [-0.2, -0.15) is 0 Å². The lowest BCUT2D eigenvalue weighted by atomic mass is 9.94. The van der Waals surface area contributed by atoms with Crippen LogP contribution in [-0.4, -0.2) is 48.5 Å². The van der Waals surface area contributed by atoms with Crippen LogP contribution in [0, 0.1) is 0 Å². The molecule has 0 spiro atoms. The monoisotopic (exact) mass is 480 g/mol. The van der Waals surface area contributed by atoms with Crippen molar-refractivity contribution in [3.8, 4) is 5.75 Å². The number of methoxy groups -OCH3 is 1. The first-order valence-corrected chi connectivity index (χ1v) is 12.8. The number of carbonyl (C=O) groups is 3. The molecule has 3 aliphatic rings. The molecule has 2 aliphatic carbocycles. The molecular weight excluding hydrogens is 444 g/mol. The van der Waals surface area contributed by atoms with Crippen LogP contribution in [-0.2, 0) is 19.1 Å². The summed E-state index contributed by atoms with van der Waals surface area (Å²) in [5.41, 5.74) is 2.14. The van der Waals surface area contributed by atoms with E-state index in [4.69, 9.17) is 9.47 Å². The molecule has 1 N–H and O–H groups in total. The molecule has 2 fully saturated rings. The van der Waals surface area contributed by atoms with E-state index in [1.165, 1.54) is 20.0 Å². The van der Waals surface area contributed by atoms with E-state index in [0.29, 0.717) is 22.6 Å². The van der Waals surface area contributed by atoms with Gasteiger partial charge in [0.25, 0.3) is 11.8 Å². The maximum atomic E-state index is 13.4. The second-order valence-electron chi connectivity index (χ2n) is 9.74. The van der Waals surface area contributed by atoms with Crippen molar-refractivity contribution in [2.45, 2.75) is 83.2 Å². The molecule has 7 heteroatoms. The highest BCUT2D eigenvalue weighted by molar-refractivity contribution is 6.16. The number of amides is 2. The molecule has 1 aromatic carbocycles. The third kappa shape index (κ3) is 5.95. The second-order valence-corrected chi connectivity index (χ2v) is 9.74. The number of nitrogens with zero attached hydrogens (tertiary/aromatic N) is 1. The number of hydrogen-bond acceptors (Lipinski definition) is 5. The van der Waals surface area contributed by atoms with Gasteiger partial charge in [0.2, 0.25) is 0 Å². The average molecular weight is 481 g/mol. The molecule has 35 heavy (non-hydrogen) atoms. The normalized spacial score (nSPS) is 20.9. The van der Waals surface area contributed by atoms with E-state index in [-0.39, 0.29) is 30.5 Å². The Morgan fingerprint density at radius 3 is 2.26 bits per heavy atom. The number of esters is 1. The smallest absolute Gasteiger partial charge is 0.340 e. The molecule has 0 saturated heterocycles. The zero-order valence-corrected chi connectivity index (χ0v) is 20.8. The predicted molar refractivity (Wildman–Crippen MR) is 133 cm³/mol. The van der Waals surface area contributed by atoms with Crippen molar-refractivity contribution in [3.63, 3.8) is 0 Å². The summed E-state index contributed by atoms with van der Waals surface area (Å²) in [5.74, 6) is -0.169. The van der Waals surface area contributed by atoms with Crippen LogP contribution in [0.1, 0.15) is 76.7 Å². The minimum absolute atomic E-state index is 0.0276. The fourth-order valence-electron chi connectivity index (χ4n) is 5.47. The Hall–Kier alpha value is -3.09. The van der Waals surface area contributed by atoms with Gasteiger partial charge >= 0.3 is 5.97 Å². The molecule has 1 aliphatic heterocycles. The summed E-state index contributed by atoms with van der Waals surface area (Å²) in [7, 11) is 1.34. The van der Waals surface area contributed by atoms with E-state index in [1.54, 1.807) is 23.1 Å². The summed E-state index contributed by atoms with van der Waals surface area (Å²) < 4.78 is 10.7. The van der Waals surface area contributed by atoms with Gasteiger partial charge in [0, 0.05) is 17.8 Å². The fourth-order valence-corrected chi connectivity index (χ4v) is 5.47. The van der Waals surface area contributed by atoms with Gasteiger partial charge in [-0.3, -0.25) is 9.59 Å². The number of hydrogen-bond donors (Lipinski definition) is 1. The van der Waals surface area contributed by atoms with Gasteiger partial charge in [0.1, 0.15) is 5.75 Å².